The molecule has 5 rings (SSSR count). The first-order valence-electron chi connectivity index (χ1n) is 9.74. The smallest absolute Gasteiger partial charge is 0.226 e. The molecular weight excluding hydrogens is 402 g/mol. The van der Waals surface area contributed by atoms with Crippen molar-refractivity contribution in [3.05, 3.63) is 11.5 Å². The molecule has 0 spiro atoms. The number of nitrogens with one attached hydrogen (secondary N) is 1. The first-order chi connectivity index (χ1) is 13.4. The Bertz CT molecular complexity index is 887. The molecule has 0 bridgehead atoms. The van der Waals surface area contributed by atoms with Crippen LogP contribution in [-0.2, 0) is 14.2 Å². The maximum Gasteiger partial charge on any atom is 0.226 e. The number of anilines is 1. The molecule has 2 aliphatic heterocycles. The Morgan fingerprint density at radius 3 is 2.75 bits per heavy atom. The van der Waals surface area contributed by atoms with E-state index in [-0.39, 0.29) is 23.6 Å². The second kappa shape index (κ2) is 6.98. The second-order valence-corrected chi connectivity index (χ2v) is 8.81. The topological polar surface area (TPSA) is 83.3 Å². The van der Waals surface area contributed by atoms with E-state index in [2.05, 4.69) is 33.0 Å². The Hall–Kier alpha value is -1.13. The van der Waals surface area contributed by atoms with E-state index >= 15 is 0 Å². The minimum Gasteiger partial charge on any atom is -0.367 e. The quantitative estimate of drug-likeness (QED) is 0.575. The molecule has 2 saturated heterocycles. The van der Waals surface area contributed by atoms with Gasteiger partial charge in [-0.05, 0) is 38.3 Å². The number of fused-ring (bicyclic) bond motifs is 2. The fraction of sp³-hybridized carbons (Fsp3) is 0.722. The van der Waals surface area contributed by atoms with Gasteiger partial charge in [-0.1, -0.05) is 12.8 Å². The zero-order valence-electron chi connectivity index (χ0n) is 15.8. The van der Waals surface area contributed by atoms with E-state index in [0.29, 0.717) is 17.4 Å². The molecule has 0 unspecified atom stereocenters. The van der Waals surface area contributed by atoms with Gasteiger partial charge >= 0.3 is 0 Å². The van der Waals surface area contributed by atoms with E-state index in [1.165, 1.54) is 12.8 Å². The number of ether oxygens (including phenoxy) is 3. The molecule has 152 valence electrons. The van der Waals surface area contributed by atoms with Crippen molar-refractivity contribution in [1.82, 2.24) is 19.7 Å². The van der Waals surface area contributed by atoms with Crippen LogP contribution in [0.25, 0.3) is 11.0 Å². The summed E-state index contributed by atoms with van der Waals surface area (Å²) in [5, 5.41) is 9.07. The molecule has 28 heavy (non-hydrogen) atoms. The summed E-state index contributed by atoms with van der Waals surface area (Å²) in [5.41, 5.74) is 0.623. The first-order valence-corrected chi connectivity index (χ1v) is 10.8. The van der Waals surface area contributed by atoms with Crippen LogP contribution >= 0.6 is 24.2 Å². The summed E-state index contributed by atoms with van der Waals surface area (Å²) in [7, 11) is 0. The van der Waals surface area contributed by atoms with Crippen LogP contribution in [0.15, 0.2) is 6.20 Å². The normalized spacial score (nSPS) is 32.3. The lowest BCUT2D eigenvalue weighted by atomic mass is 10.1. The van der Waals surface area contributed by atoms with Gasteiger partial charge in [0.05, 0.1) is 17.7 Å². The van der Waals surface area contributed by atoms with Gasteiger partial charge in [0.15, 0.2) is 17.7 Å². The molecule has 4 atom stereocenters. The van der Waals surface area contributed by atoms with Crippen molar-refractivity contribution in [2.45, 2.75) is 75.9 Å². The Morgan fingerprint density at radius 1 is 1.25 bits per heavy atom. The maximum atomic E-state index is 6.25. The molecular formula is C18H24ClN5O3S. The van der Waals surface area contributed by atoms with Crippen LogP contribution < -0.4 is 5.32 Å². The van der Waals surface area contributed by atoms with Gasteiger partial charge in [-0.25, -0.2) is 4.68 Å². The van der Waals surface area contributed by atoms with Gasteiger partial charge in [0, 0.05) is 11.8 Å². The second-order valence-electron chi connectivity index (χ2n) is 8.11. The third kappa shape index (κ3) is 3.17. The van der Waals surface area contributed by atoms with Crippen molar-refractivity contribution in [3.8, 4) is 0 Å². The van der Waals surface area contributed by atoms with Crippen molar-refractivity contribution in [3.63, 3.8) is 0 Å². The van der Waals surface area contributed by atoms with E-state index in [4.69, 9.17) is 25.8 Å². The highest BCUT2D eigenvalue weighted by Crippen LogP contribution is 2.44. The SMILES string of the molecule is CC1(C)O[C@@H]2[C@H](O1)[C@@H](CS)O[C@H]2n1ncc2c(NC3CCCC3)nc(Cl)nc21. The van der Waals surface area contributed by atoms with E-state index in [1.807, 2.05) is 13.8 Å². The number of hydrogen-bond acceptors (Lipinski definition) is 8. The first kappa shape index (κ1) is 18.9. The van der Waals surface area contributed by atoms with Crippen LogP contribution in [0.3, 0.4) is 0 Å². The number of hydrogen-bond donors (Lipinski definition) is 2. The van der Waals surface area contributed by atoms with Crippen LogP contribution in [0.2, 0.25) is 5.28 Å². The van der Waals surface area contributed by atoms with Crippen LogP contribution in [0.5, 0.6) is 0 Å². The lowest BCUT2D eigenvalue weighted by Crippen LogP contribution is -2.30. The lowest BCUT2D eigenvalue weighted by molar-refractivity contribution is -0.195. The third-order valence-electron chi connectivity index (χ3n) is 5.67. The van der Waals surface area contributed by atoms with Crippen molar-refractivity contribution >= 4 is 41.1 Å². The van der Waals surface area contributed by atoms with Crippen LogP contribution in [0, 0.1) is 0 Å². The summed E-state index contributed by atoms with van der Waals surface area (Å²) < 4.78 is 20.1. The number of halogens is 1. The highest BCUT2D eigenvalue weighted by molar-refractivity contribution is 7.80. The van der Waals surface area contributed by atoms with Gasteiger partial charge in [0.2, 0.25) is 5.28 Å². The highest BCUT2D eigenvalue weighted by atomic mass is 35.5. The molecule has 8 nitrogen and oxygen atoms in total. The van der Waals surface area contributed by atoms with Crippen LogP contribution in [-0.4, -0.2) is 55.6 Å². The maximum absolute atomic E-state index is 6.25. The minimum atomic E-state index is -0.677. The lowest BCUT2D eigenvalue weighted by Gasteiger charge is -2.24. The molecule has 10 heteroatoms. The number of aromatic nitrogens is 4. The van der Waals surface area contributed by atoms with Gasteiger partial charge in [0.1, 0.15) is 18.0 Å². The van der Waals surface area contributed by atoms with Crippen LogP contribution in [0.4, 0.5) is 5.82 Å². The molecule has 4 heterocycles. The van der Waals surface area contributed by atoms with Gasteiger partial charge in [-0.15, -0.1) is 0 Å². The molecule has 0 amide bonds. The molecule has 3 fully saturated rings. The van der Waals surface area contributed by atoms with Crippen molar-refractivity contribution < 1.29 is 14.2 Å². The predicted molar refractivity (Wildman–Crippen MR) is 108 cm³/mol. The van der Waals surface area contributed by atoms with Crippen molar-refractivity contribution in [1.29, 1.82) is 0 Å². The van der Waals surface area contributed by atoms with Crippen LogP contribution in [0.1, 0.15) is 45.8 Å². The fourth-order valence-corrected chi connectivity index (χ4v) is 4.92. The predicted octanol–water partition coefficient (Wildman–Crippen LogP) is 3.18. The third-order valence-corrected chi connectivity index (χ3v) is 6.20. The van der Waals surface area contributed by atoms with E-state index in [0.717, 1.165) is 24.0 Å². The van der Waals surface area contributed by atoms with E-state index < -0.39 is 12.0 Å². The molecule has 2 aromatic rings. The van der Waals surface area contributed by atoms with Crippen molar-refractivity contribution in [2.75, 3.05) is 11.1 Å². The van der Waals surface area contributed by atoms with Gasteiger partial charge in [0.25, 0.3) is 0 Å². The Kier molecular flexibility index (Phi) is 4.71. The molecule has 3 aliphatic rings. The minimum absolute atomic E-state index is 0.180. The molecule has 2 aromatic heterocycles. The van der Waals surface area contributed by atoms with Crippen molar-refractivity contribution in [2.24, 2.45) is 0 Å². The zero-order chi connectivity index (χ0) is 19.5. The Labute approximate surface area is 173 Å². The fourth-order valence-electron chi connectivity index (χ4n) is 4.46. The standard InChI is InChI=1S/C18H24ClN5O3S/c1-18(2)26-12-11(8-28)25-16(13(12)27-18)24-15-10(7-20-24)14(22-17(19)23-15)21-9-5-3-4-6-9/h7,9,11-13,16,28H,3-6,8H2,1-2H3,(H,21,22,23)/t11-,12-,13-,16-/m1/s1. The molecule has 0 aromatic carbocycles. The summed E-state index contributed by atoms with van der Waals surface area (Å²) in [6.45, 7) is 3.81. The number of rotatable bonds is 4. The number of nitrogens with zero attached hydrogens (tertiary/aromatic N) is 4. The van der Waals surface area contributed by atoms with E-state index in [1.54, 1.807) is 10.9 Å². The average molecular weight is 426 g/mol. The van der Waals surface area contributed by atoms with Gasteiger partial charge in [-0.2, -0.15) is 27.7 Å². The number of thiol groups is 1. The Balaban J connectivity index is 1.52. The summed E-state index contributed by atoms with van der Waals surface area (Å²) in [4.78, 5) is 8.84. The molecule has 1 N–H and O–H groups in total. The monoisotopic (exact) mass is 425 g/mol. The van der Waals surface area contributed by atoms with Gasteiger partial charge in [-0.3, -0.25) is 0 Å². The molecule has 1 saturated carbocycles. The Morgan fingerprint density at radius 2 is 2.00 bits per heavy atom. The average Bonchev–Trinajstić information content (AvgIpc) is 3.38. The summed E-state index contributed by atoms with van der Waals surface area (Å²) in [6, 6.07) is 0.408. The zero-order valence-corrected chi connectivity index (χ0v) is 17.5. The summed E-state index contributed by atoms with van der Waals surface area (Å²) in [6.07, 6.45) is 5.34. The molecule has 1 aliphatic carbocycles. The largest absolute Gasteiger partial charge is 0.367 e. The summed E-state index contributed by atoms with van der Waals surface area (Å²) in [5.74, 6) is 0.571. The van der Waals surface area contributed by atoms with E-state index in [9.17, 15) is 0 Å². The highest BCUT2D eigenvalue weighted by Gasteiger charge is 2.56. The van der Waals surface area contributed by atoms with Gasteiger partial charge < -0.3 is 19.5 Å². The summed E-state index contributed by atoms with van der Waals surface area (Å²) >= 11 is 10.7. The molecule has 0 radical (unpaired) electrons.